The van der Waals surface area contributed by atoms with Crippen molar-refractivity contribution >= 4 is 27.3 Å². The molecule has 1 heterocycles. The molecule has 1 unspecified atom stereocenters. The first kappa shape index (κ1) is 13.1. The quantitative estimate of drug-likeness (QED) is 0.481. The Balaban J connectivity index is 2.57. The van der Waals surface area contributed by atoms with Gasteiger partial charge in [-0.15, -0.1) is 11.3 Å². The molecule has 0 fully saturated rings. The summed E-state index contributed by atoms with van der Waals surface area (Å²) in [4.78, 5) is 1.28. The Morgan fingerprint density at radius 1 is 1.67 bits per heavy atom. The monoisotopic (exact) mass is 292 g/mol. The van der Waals surface area contributed by atoms with Gasteiger partial charge in [0.2, 0.25) is 0 Å². The van der Waals surface area contributed by atoms with Gasteiger partial charge in [0.05, 0.1) is 9.83 Å². The highest BCUT2D eigenvalue weighted by molar-refractivity contribution is 9.11. The Hall–Kier alpha value is 0.0600. The average Bonchev–Trinajstić information content (AvgIpc) is 2.54. The molecular formula is C10H17BrN2OS. The molecule has 3 N–H and O–H groups in total. The molecule has 1 aromatic heterocycles. The highest BCUT2D eigenvalue weighted by Gasteiger charge is 2.13. The lowest BCUT2D eigenvalue weighted by molar-refractivity contribution is 0.189. The number of methoxy groups -OCH3 is 1. The van der Waals surface area contributed by atoms with Crippen LogP contribution in [0.1, 0.15) is 29.3 Å². The van der Waals surface area contributed by atoms with Gasteiger partial charge in [-0.05, 0) is 47.3 Å². The maximum atomic E-state index is 5.55. The third-order valence-corrected chi connectivity index (χ3v) is 4.51. The number of nitrogens with two attached hydrogens (primary N) is 1. The van der Waals surface area contributed by atoms with Crippen LogP contribution in [0.15, 0.2) is 9.85 Å². The molecule has 0 aliphatic rings. The fourth-order valence-electron chi connectivity index (χ4n) is 1.39. The van der Waals surface area contributed by atoms with Crippen LogP contribution in [0.4, 0.5) is 0 Å². The first-order valence-electron chi connectivity index (χ1n) is 4.90. The van der Waals surface area contributed by atoms with Gasteiger partial charge in [0.1, 0.15) is 0 Å². The van der Waals surface area contributed by atoms with Crippen LogP contribution in [-0.2, 0) is 4.74 Å². The van der Waals surface area contributed by atoms with E-state index >= 15 is 0 Å². The van der Waals surface area contributed by atoms with Crippen LogP contribution in [0.3, 0.4) is 0 Å². The van der Waals surface area contributed by atoms with Gasteiger partial charge in [0.25, 0.3) is 0 Å². The molecule has 0 amide bonds. The Morgan fingerprint density at radius 2 is 2.40 bits per heavy atom. The molecule has 5 heteroatoms. The van der Waals surface area contributed by atoms with Gasteiger partial charge in [0, 0.05) is 18.6 Å². The summed E-state index contributed by atoms with van der Waals surface area (Å²) in [5, 5.41) is 0. The van der Waals surface area contributed by atoms with Gasteiger partial charge in [-0.1, -0.05) is 0 Å². The normalized spacial score (nSPS) is 13.1. The molecule has 86 valence electrons. The fourth-order valence-corrected chi connectivity index (χ4v) is 3.06. The van der Waals surface area contributed by atoms with Crippen molar-refractivity contribution < 1.29 is 4.74 Å². The molecule has 0 radical (unpaired) electrons. The van der Waals surface area contributed by atoms with Crippen LogP contribution in [0, 0.1) is 6.92 Å². The van der Waals surface area contributed by atoms with E-state index in [9.17, 15) is 0 Å². The van der Waals surface area contributed by atoms with E-state index in [1.165, 1.54) is 14.2 Å². The largest absolute Gasteiger partial charge is 0.385 e. The van der Waals surface area contributed by atoms with Gasteiger partial charge in [-0.2, -0.15) is 0 Å². The summed E-state index contributed by atoms with van der Waals surface area (Å²) in [5.74, 6) is 5.55. The number of aryl methyl sites for hydroxylation is 1. The molecule has 1 aromatic rings. The summed E-state index contributed by atoms with van der Waals surface area (Å²) < 4.78 is 6.21. The van der Waals surface area contributed by atoms with Gasteiger partial charge < -0.3 is 4.74 Å². The van der Waals surface area contributed by atoms with E-state index in [1.807, 2.05) is 0 Å². The molecular weight excluding hydrogens is 276 g/mol. The lowest BCUT2D eigenvalue weighted by Gasteiger charge is -2.13. The maximum Gasteiger partial charge on any atom is 0.0731 e. The van der Waals surface area contributed by atoms with Gasteiger partial charge >= 0.3 is 0 Å². The minimum atomic E-state index is 0.232. The van der Waals surface area contributed by atoms with Crippen LogP contribution in [-0.4, -0.2) is 13.7 Å². The number of ether oxygens (including phenoxy) is 1. The molecule has 0 saturated carbocycles. The second-order valence-corrected chi connectivity index (χ2v) is 5.86. The van der Waals surface area contributed by atoms with Crippen molar-refractivity contribution in [3.63, 3.8) is 0 Å². The summed E-state index contributed by atoms with van der Waals surface area (Å²) in [6.45, 7) is 2.87. The Bertz CT molecular complexity index is 284. The summed E-state index contributed by atoms with van der Waals surface area (Å²) >= 11 is 5.26. The van der Waals surface area contributed by atoms with E-state index in [0.29, 0.717) is 0 Å². The number of thiophene rings is 1. The third kappa shape index (κ3) is 3.85. The highest BCUT2D eigenvalue weighted by atomic mass is 79.9. The first-order valence-corrected chi connectivity index (χ1v) is 6.51. The van der Waals surface area contributed by atoms with Crippen molar-refractivity contribution in [2.24, 2.45) is 5.84 Å². The summed E-state index contributed by atoms with van der Waals surface area (Å²) in [7, 11) is 1.72. The summed E-state index contributed by atoms with van der Waals surface area (Å²) in [5.41, 5.74) is 4.12. The predicted octanol–water partition coefficient (Wildman–Crippen LogP) is 2.75. The standard InChI is InChI=1S/C10H17BrN2OS/c1-7-6-9(15-10(7)11)8(13-12)4-3-5-14-2/h6,8,13H,3-5,12H2,1-2H3. The first-order chi connectivity index (χ1) is 7.19. The number of hydrazine groups is 1. The van der Waals surface area contributed by atoms with Crippen LogP contribution in [0.5, 0.6) is 0 Å². The minimum absolute atomic E-state index is 0.232. The van der Waals surface area contributed by atoms with Crippen LogP contribution < -0.4 is 11.3 Å². The third-order valence-electron chi connectivity index (χ3n) is 2.26. The van der Waals surface area contributed by atoms with Crippen molar-refractivity contribution in [1.82, 2.24) is 5.43 Å². The zero-order valence-corrected chi connectivity index (χ0v) is 11.5. The van der Waals surface area contributed by atoms with Crippen LogP contribution >= 0.6 is 27.3 Å². The van der Waals surface area contributed by atoms with Crippen molar-refractivity contribution in [1.29, 1.82) is 0 Å². The molecule has 1 rings (SSSR count). The molecule has 0 aliphatic carbocycles. The Morgan fingerprint density at radius 3 is 2.87 bits per heavy atom. The Kier molecular flexibility index (Phi) is 5.78. The Labute approximate surface area is 103 Å². The molecule has 15 heavy (non-hydrogen) atoms. The summed E-state index contributed by atoms with van der Waals surface area (Å²) in [6, 6.07) is 2.40. The number of hydrogen-bond acceptors (Lipinski definition) is 4. The van der Waals surface area contributed by atoms with E-state index < -0.39 is 0 Å². The zero-order chi connectivity index (χ0) is 11.3. The molecule has 0 spiro atoms. The second kappa shape index (κ2) is 6.60. The molecule has 1 atom stereocenters. The lowest BCUT2D eigenvalue weighted by atomic mass is 10.1. The maximum absolute atomic E-state index is 5.55. The minimum Gasteiger partial charge on any atom is -0.385 e. The van der Waals surface area contributed by atoms with E-state index in [4.69, 9.17) is 10.6 Å². The van der Waals surface area contributed by atoms with Crippen molar-refractivity contribution in [3.05, 3.63) is 20.3 Å². The molecule has 0 aliphatic heterocycles. The van der Waals surface area contributed by atoms with E-state index in [2.05, 4.69) is 34.3 Å². The molecule has 0 saturated heterocycles. The average molecular weight is 293 g/mol. The number of hydrogen-bond donors (Lipinski definition) is 2. The highest BCUT2D eigenvalue weighted by Crippen LogP contribution is 2.32. The number of rotatable bonds is 6. The summed E-state index contributed by atoms with van der Waals surface area (Å²) in [6.07, 6.45) is 2.01. The van der Waals surface area contributed by atoms with Crippen LogP contribution in [0.25, 0.3) is 0 Å². The topological polar surface area (TPSA) is 47.3 Å². The van der Waals surface area contributed by atoms with Gasteiger partial charge in [-0.3, -0.25) is 11.3 Å². The van der Waals surface area contributed by atoms with Gasteiger partial charge in [0.15, 0.2) is 0 Å². The van der Waals surface area contributed by atoms with Crippen molar-refractivity contribution in [2.75, 3.05) is 13.7 Å². The predicted molar refractivity (Wildman–Crippen MR) is 67.9 cm³/mol. The van der Waals surface area contributed by atoms with E-state index in [-0.39, 0.29) is 6.04 Å². The van der Waals surface area contributed by atoms with Crippen molar-refractivity contribution in [2.45, 2.75) is 25.8 Å². The van der Waals surface area contributed by atoms with E-state index in [1.54, 1.807) is 18.4 Å². The smallest absolute Gasteiger partial charge is 0.0731 e. The number of nitrogens with one attached hydrogen (secondary N) is 1. The molecule has 0 bridgehead atoms. The second-order valence-electron chi connectivity index (χ2n) is 3.46. The SMILES string of the molecule is COCCCC(NN)c1cc(C)c(Br)s1. The van der Waals surface area contributed by atoms with E-state index in [0.717, 1.165) is 19.4 Å². The van der Waals surface area contributed by atoms with Gasteiger partial charge in [-0.25, -0.2) is 0 Å². The molecule has 3 nitrogen and oxygen atoms in total. The lowest BCUT2D eigenvalue weighted by Crippen LogP contribution is -2.27. The van der Waals surface area contributed by atoms with Crippen LogP contribution in [0.2, 0.25) is 0 Å². The molecule has 0 aromatic carbocycles. The fraction of sp³-hybridized carbons (Fsp3) is 0.600. The van der Waals surface area contributed by atoms with Crippen molar-refractivity contribution in [3.8, 4) is 0 Å². The number of halogens is 1. The zero-order valence-electron chi connectivity index (χ0n) is 9.05.